The van der Waals surface area contributed by atoms with E-state index in [0.717, 1.165) is 32.8 Å². The first kappa shape index (κ1) is 13.9. The molecule has 0 heterocycles. The van der Waals surface area contributed by atoms with E-state index in [-0.39, 0.29) is 0 Å². The number of rotatable bonds is 10. The summed E-state index contributed by atoms with van der Waals surface area (Å²) in [7, 11) is 2.18. The first-order valence-electron chi connectivity index (χ1n) is 5.78. The molecule has 0 aromatic carbocycles. The van der Waals surface area contributed by atoms with Crippen LogP contribution in [0.4, 0.5) is 0 Å². The minimum Gasteiger partial charge on any atom is -0.382 e. The van der Waals surface area contributed by atoms with Crippen LogP contribution in [0, 0.1) is 0 Å². The summed E-state index contributed by atoms with van der Waals surface area (Å²) in [6, 6.07) is 0. The maximum atomic E-state index is 5.28. The van der Waals surface area contributed by atoms with Gasteiger partial charge < -0.3 is 15.0 Å². The number of hydrogen-bond acceptors (Lipinski definition) is 3. The molecule has 0 aromatic heterocycles. The molecule has 0 fully saturated rings. The van der Waals surface area contributed by atoms with E-state index in [9.17, 15) is 0 Å². The first-order valence-corrected chi connectivity index (χ1v) is 5.78. The van der Waals surface area contributed by atoms with Gasteiger partial charge in [-0.25, -0.2) is 0 Å². The van der Waals surface area contributed by atoms with Gasteiger partial charge in [-0.1, -0.05) is 6.92 Å². The van der Waals surface area contributed by atoms with Gasteiger partial charge in [0.15, 0.2) is 0 Å². The Hall–Kier alpha value is -0.120. The molecule has 0 rings (SSSR count). The van der Waals surface area contributed by atoms with E-state index in [4.69, 9.17) is 4.74 Å². The molecular weight excluding hydrogens is 176 g/mol. The third-order valence-corrected chi connectivity index (χ3v) is 2.20. The van der Waals surface area contributed by atoms with Crippen molar-refractivity contribution in [2.45, 2.75) is 26.7 Å². The van der Waals surface area contributed by atoms with Crippen LogP contribution in [0.3, 0.4) is 0 Å². The van der Waals surface area contributed by atoms with E-state index in [1.807, 2.05) is 6.92 Å². The summed E-state index contributed by atoms with van der Waals surface area (Å²) in [6.45, 7) is 10.4. The normalized spacial score (nSPS) is 11.1. The fourth-order valence-corrected chi connectivity index (χ4v) is 1.29. The van der Waals surface area contributed by atoms with E-state index in [1.54, 1.807) is 0 Å². The van der Waals surface area contributed by atoms with Gasteiger partial charge in [-0.15, -0.1) is 0 Å². The lowest BCUT2D eigenvalue weighted by Gasteiger charge is -2.16. The largest absolute Gasteiger partial charge is 0.382 e. The van der Waals surface area contributed by atoms with E-state index >= 15 is 0 Å². The summed E-state index contributed by atoms with van der Waals surface area (Å²) >= 11 is 0. The van der Waals surface area contributed by atoms with Crippen molar-refractivity contribution in [3.8, 4) is 0 Å². The van der Waals surface area contributed by atoms with Crippen molar-refractivity contribution in [3.05, 3.63) is 0 Å². The Morgan fingerprint density at radius 3 is 2.57 bits per heavy atom. The first-order chi connectivity index (χ1) is 6.81. The zero-order valence-corrected chi connectivity index (χ0v) is 10.0. The standard InChI is InChI=1S/C11H26N2O/c1-4-12-8-10-13(3)9-6-7-11-14-5-2/h12H,4-11H2,1-3H3. The monoisotopic (exact) mass is 202 g/mol. The zero-order chi connectivity index (χ0) is 10.6. The Labute approximate surface area is 88.8 Å². The topological polar surface area (TPSA) is 24.5 Å². The summed E-state index contributed by atoms with van der Waals surface area (Å²) in [5, 5.41) is 3.32. The highest BCUT2D eigenvalue weighted by atomic mass is 16.5. The van der Waals surface area contributed by atoms with Gasteiger partial charge in [0.05, 0.1) is 0 Å². The summed E-state index contributed by atoms with van der Waals surface area (Å²) in [6.07, 6.45) is 2.42. The van der Waals surface area contributed by atoms with E-state index in [1.165, 1.54) is 19.4 Å². The fourth-order valence-electron chi connectivity index (χ4n) is 1.29. The highest BCUT2D eigenvalue weighted by molar-refractivity contribution is 4.54. The molecule has 0 aromatic rings. The van der Waals surface area contributed by atoms with Gasteiger partial charge in [0.25, 0.3) is 0 Å². The van der Waals surface area contributed by atoms with Crippen LogP contribution in [-0.2, 0) is 4.74 Å². The molecule has 0 bridgehead atoms. The van der Waals surface area contributed by atoms with Crippen molar-refractivity contribution in [2.75, 3.05) is 46.4 Å². The Bertz CT molecular complexity index is 109. The van der Waals surface area contributed by atoms with Crippen LogP contribution >= 0.6 is 0 Å². The zero-order valence-electron chi connectivity index (χ0n) is 10.0. The van der Waals surface area contributed by atoms with Crippen LogP contribution < -0.4 is 5.32 Å². The molecule has 0 atom stereocenters. The SMILES string of the molecule is CCNCCN(C)CCCCOCC. The molecular formula is C11H26N2O. The number of likely N-dealkylation sites (N-methyl/N-ethyl adjacent to an activating group) is 2. The van der Waals surface area contributed by atoms with Gasteiger partial charge in [-0.05, 0) is 39.9 Å². The number of unbranched alkanes of at least 4 members (excludes halogenated alkanes) is 1. The van der Waals surface area contributed by atoms with Crippen molar-refractivity contribution >= 4 is 0 Å². The minimum absolute atomic E-state index is 0.844. The summed E-state index contributed by atoms with van der Waals surface area (Å²) in [4.78, 5) is 2.37. The molecule has 0 saturated heterocycles. The van der Waals surface area contributed by atoms with Crippen LogP contribution in [-0.4, -0.2) is 51.3 Å². The number of nitrogens with one attached hydrogen (secondary N) is 1. The molecule has 0 spiro atoms. The highest BCUT2D eigenvalue weighted by Crippen LogP contribution is 1.93. The Morgan fingerprint density at radius 1 is 1.14 bits per heavy atom. The van der Waals surface area contributed by atoms with E-state index < -0.39 is 0 Å². The number of hydrogen-bond donors (Lipinski definition) is 1. The second kappa shape index (κ2) is 11.0. The summed E-state index contributed by atoms with van der Waals surface area (Å²) in [5.74, 6) is 0. The van der Waals surface area contributed by atoms with Crippen LogP contribution in [0.2, 0.25) is 0 Å². The Balaban J connectivity index is 3.06. The Kier molecular flexibility index (Phi) is 10.9. The molecule has 86 valence electrons. The van der Waals surface area contributed by atoms with E-state index in [2.05, 4.69) is 24.2 Å². The molecule has 1 N–H and O–H groups in total. The molecule has 0 aliphatic rings. The minimum atomic E-state index is 0.844. The maximum Gasteiger partial charge on any atom is 0.0466 e. The quantitative estimate of drug-likeness (QED) is 0.541. The van der Waals surface area contributed by atoms with Crippen LogP contribution in [0.25, 0.3) is 0 Å². The van der Waals surface area contributed by atoms with Gasteiger partial charge >= 0.3 is 0 Å². The third kappa shape index (κ3) is 9.96. The third-order valence-electron chi connectivity index (χ3n) is 2.20. The average Bonchev–Trinajstić information content (AvgIpc) is 2.18. The fraction of sp³-hybridized carbons (Fsp3) is 1.00. The second-order valence-corrected chi connectivity index (χ2v) is 3.56. The van der Waals surface area contributed by atoms with Crippen molar-refractivity contribution in [3.63, 3.8) is 0 Å². The van der Waals surface area contributed by atoms with Crippen LogP contribution in [0.1, 0.15) is 26.7 Å². The molecule has 0 amide bonds. The van der Waals surface area contributed by atoms with Crippen molar-refractivity contribution in [1.29, 1.82) is 0 Å². The second-order valence-electron chi connectivity index (χ2n) is 3.56. The molecule has 0 saturated carbocycles. The van der Waals surface area contributed by atoms with Crippen molar-refractivity contribution in [2.24, 2.45) is 0 Å². The smallest absolute Gasteiger partial charge is 0.0466 e. The lowest BCUT2D eigenvalue weighted by molar-refractivity contribution is 0.140. The molecule has 3 nitrogen and oxygen atoms in total. The average molecular weight is 202 g/mol. The van der Waals surface area contributed by atoms with Crippen LogP contribution in [0.5, 0.6) is 0 Å². The summed E-state index contributed by atoms with van der Waals surface area (Å²) in [5.41, 5.74) is 0. The molecule has 0 aliphatic carbocycles. The van der Waals surface area contributed by atoms with Gasteiger partial charge in [0, 0.05) is 26.3 Å². The van der Waals surface area contributed by atoms with Gasteiger partial charge in [0.2, 0.25) is 0 Å². The highest BCUT2D eigenvalue weighted by Gasteiger charge is 1.96. The molecule has 14 heavy (non-hydrogen) atoms. The molecule has 0 aliphatic heterocycles. The maximum absolute atomic E-state index is 5.28. The molecule has 0 unspecified atom stereocenters. The van der Waals surface area contributed by atoms with Gasteiger partial charge in [0.1, 0.15) is 0 Å². The van der Waals surface area contributed by atoms with Gasteiger partial charge in [-0.3, -0.25) is 0 Å². The van der Waals surface area contributed by atoms with E-state index in [0.29, 0.717) is 0 Å². The summed E-state index contributed by atoms with van der Waals surface area (Å²) < 4.78 is 5.28. The lowest BCUT2D eigenvalue weighted by atomic mass is 10.3. The number of nitrogens with zero attached hydrogens (tertiary/aromatic N) is 1. The predicted molar refractivity (Wildman–Crippen MR) is 61.8 cm³/mol. The molecule has 3 heteroatoms. The van der Waals surface area contributed by atoms with Crippen LogP contribution in [0.15, 0.2) is 0 Å². The van der Waals surface area contributed by atoms with Crippen molar-refractivity contribution in [1.82, 2.24) is 10.2 Å². The van der Waals surface area contributed by atoms with Gasteiger partial charge in [-0.2, -0.15) is 0 Å². The predicted octanol–water partition coefficient (Wildman–Crippen LogP) is 1.34. The van der Waals surface area contributed by atoms with Crippen molar-refractivity contribution < 1.29 is 4.74 Å². The lowest BCUT2D eigenvalue weighted by Crippen LogP contribution is -2.29. The number of ether oxygens (including phenoxy) is 1. The molecule has 0 radical (unpaired) electrons. The Morgan fingerprint density at radius 2 is 1.93 bits per heavy atom.